The molecule has 0 radical (unpaired) electrons. The Balaban J connectivity index is 0.000000222. The van der Waals surface area contributed by atoms with E-state index in [9.17, 15) is 0 Å². The molecule has 0 saturated carbocycles. The average molecular weight is 116 g/mol. The summed E-state index contributed by atoms with van der Waals surface area (Å²) in [6, 6.07) is 0. The fraction of sp³-hybridized carbons (Fsp3) is 0.667. The molecule has 0 bridgehead atoms. The van der Waals surface area contributed by atoms with Crippen LogP contribution in [0.4, 0.5) is 0 Å². The molecule has 0 aromatic carbocycles. The highest BCUT2D eigenvalue weighted by Gasteiger charge is 2.09. The number of hydrogen-bond donors (Lipinski definition) is 1. The maximum Gasteiger partial charge on any atom is 0.154 e. The second kappa shape index (κ2) is 4.81. The summed E-state index contributed by atoms with van der Waals surface area (Å²) in [5, 5.41) is 8.51. The molecule has 0 amide bonds. The van der Waals surface area contributed by atoms with Gasteiger partial charge in [0.15, 0.2) is 6.29 Å². The van der Waals surface area contributed by atoms with Gasteiger partial charge in [0.1, 0.15) is 0 Å². The largest absolute Gasteiger partial charge is 0.368 e. The molecule has 2 nitrogen and oxygen atoms in total. The molecular formula is C6H12O2. The number of aliphatic hydroxyl groups is 1. The lowest BCUT2D eigenvalue weighted by Gasteiger charge is -1.93. The van der Waals surface area contributed by atoms with Crippen LogP contribution in [0.1, 0.15) is 12.8 Å². The number of rotatable bonds is 0. The highest BCUT2D eigenvalue weighted by Crippen LogP contribution is 2.06. The summed E-state index contributed by atoms with van der Waals surface area (Å²) < 4.78 is 4.71. The Hall–Kier alpha value is -0.340. The molecule has 1 unspecified atom stereocenters. The van der Waals surface area contributed by atoms with Crippen molar-refractivity contribution in [2.45, 2.75) is 19.1 Å². The summed E-state index contributed by atoms with van der Waals surface area (Å²) in [6.07, 6.45) is 1.38. The molecule has 48 valence electrons. The van der Waals surface area contributed by atoms with Gasteiger partial charge in [-0.1, -0.05) is 0 Å². The summed E-state index contributed by atoms with van der Waals surface area (Å²) in [4.78, 5) is 0. The van der Waals surface area contributed by atoms with Crippen molar-refractivity contribution < 1.29 is 9.84 Å². The van der Waals surface area contributed by atoms with Crippen LogP contribution in [-0.2, 0) is 4.74 Å². The standard InChI is InChI=1S/C4H8O2.C2H4/c5-4-2-1-3-6-4;1-2/h4-5H,1-3H2;1-2H2. The van der Waals surface area contributed by atoms with E-state index in [0.717, 1.165) is 19.4 Å². The fourth-order valence-corrected chi connectivity index (χ4v) is 0.561. The summed E-state index contributed by atoms with van der Waals surface area (Å²) in [5.74, 6) is 0. The first kappa shape index (κ1) is 7.66. The van der Waals surface area contributed by atoms with Crippen molar-refractivity contribution in [1.29, 1.82) is 0 Å². The van der Waals surface area contributed by atoms with Crippen LogP contribution in [0.25, 0.3) is 0 Å². The van der Waals surface area contributed by atoms with Crippen molar-refractivity contribution in [2.75, 3.05) is 6.61 Å². The smallest absolute Gasteiger partial charge is 0.154 e. The zero-order valence-corrected chi connectivity index (χ0v) is 4.97. The molecule has 2 heteroatoms. The maximum absolute atomic E-state index is 8.51. The van der Waals surface area contributed by atoms with E-state index in [4.69, 9.17) is 9.84 Å². The lowest BCUT2D eigenvalue weighted by atomic mass is 10.4. The van der Waals surface area contributed by atoms with Gasteiger partial charge in [-0.15, -0.1) is 13.2 Å². The Morgan fingerprint density at radius 3 is 2.25 bits per heavy atom. The number of hydrogen-bond acceptors (Lipinski definition) is 2. The quantitative estimate of drug-likeness (QED) is 0.477. The molecule has 0 aliphatic carbocycles. The van der Waals surface area contributed by atoms with Gasteiger partial charge in [-0.2, -0.15) is 0 Å². The first-order chi connectivity index (χ1) is 3.89. The van der Waals surface area contributed by atoms with E-state index in [2.05, 4.69) is 13.2 Å². The van der Waals surface area contributed by atoms with E-state index in [1.165, 1.54) is 0 Å². The van der Waals surface area contributed by atoms with Crippen LogP contribution in [0, 0.1) is 0 Å². The molecule has 1 saturated heterocycles. The van der Waals surface area contributed by atoms with Crippen molar-refractivity contribution in [3.05, 3.63) is 13.2 Å². The van der Waals surface area contributed by atoms with Crippen molar-refractivity contribution in [2.24, 2.45) is 0 Å². The van der Waals surface area contributed by atoms with E-state index in [-0.39, 0.29) is 0 Å². The minimum atomic E-state index is -0.454. The van der Waals surface area contributed by atoms with Crippen molar-refractivity contribution >= 4 is 0 Å². The third kappa shape index (κ3) is 2.77. The molecule has 1 aliphatic rings. The van der Waals surface area contributed by atoms with Crippen LogP contribution < -0.4 is 0 Å². The molecule has 1 fully saturated rings. The fourth-order valence-electron chi connectivity index (χ4n) is 0.561. The lowest BCUT2D eigenvalue weighted by molar-refractivity contribution is -0.0589. The van der Waals surface area contributed by atoms with Gasteiger partial charge in [0.05, 0.1) is 0 Å². The maximum atomic E-state index is 8.51. The molecule has 0 aromatic rings. The van der Waals surface area contributed by atoms with Crippen molar-refractivity contribution in [3.8, 4) is 0 Å². The number of ether oxygens (including phenoxy) is 1. The van der Waals surface area contributed by atoms with E-state index >= 15 is 0 Å². The Kier molecular flexibility index (Phi) is 4.61. The van der Waals surface area contributed by atoms with Crippen molar-refractivity contribution in [3.63, 3.8) is 0 Å². The number of aliphatic hydroxyl groups excluding tert-OH is 1. The van der Waals surface area contributed by atoms with Crippen LogP contribution in [0.15, 0.2) is 13.2 Å². The van der Waals surface area contributed by atoms with Gasteiger partial charge in [0.25, 0.3) is 0 Å². The van der Waals surface area contributed by atoms with Gasteiger partial charge in [0, 0.05) is 13.0 Å². The zero-order valence-electron chi connectivity index (χ0n) is 4.97. The predicted octanol–water partition coefficient (Wildman–Crippen LogP) is 0.917. The molecule has 1 atom stereocenters. The molecule has 8 heavy (non-hydrogen) atoms. The Bertz CT molecular complexity index is 48.5. The van der Waals surface area contributed by atoms with Gasteiger partial charge in [-0.05, 0) is 6.42 Å². The Morgan fingerprint density at radius 1 is 1.50 bits per heavy atom. The van der Waals surface area contributed by atoms with Gasteiger partial charge in [0.2, 0.25) is 0 Å². The van der Waals surface area contributed by atoms with E-state index < -0.39 is 6.29 Å². The van der Waals surface area contributed by atoms with Crippen LogP contribution in [0.5, 0.6) is 0 Å². The van der Waals surface area contributed by atoms with E-state index in [1.54, 1.807) is 0 Å². The third-order valence-corrected chi connectivity index (χ3v) is 0.906. The molecule has 0 aromatic heterocycles. The molecule has 0 spiro atoms. The topological polar surface area (TPSA) is 29.5 Å². The predicted molar refractivity (Wildman–Crippen MR) is 32.4 cm³/mol. The van der Waals surface area contributed by atoms with Gasteiger partial charge in [-0.25, -0.2) is 0 Å². The molecule has 1 heterocycles. The van der Waals surface area contributed by atoms with Gasteiger partial charge >= 0.3 is 0 Å². The second-order valence-corrected chi connectivity index (χ2v) is 1.47. The van der Waals surface area contributed by atoms with Crippen LogP contribution in [-0.4, -0.2) is 18.0 Å². The summed E-state index contributed by atoms with van der Waals surface area (Å²) in [5.41, 5.74) is 0. The monoisotopic (exact) mass is 116 g/mol. The highest BCUT2D eigenvalue weighted by molar-refractivity contribution is 4.49. The Labute approximate surface area is 49.8 Å². The second-order valence-electron chi connectivity index (χ2n) is 1.47. The van der Waals surface area contributed by atoms with Gasteiger partial charge < -0.3 is 9.84 Å². The SMILES string of the molecule is C=C.OC1CCCO1. The summed E-state index contributed by atoms with van der Waals surface area (Å²) >= 11 is 0. The van der Waals surface area contributed by atoms with E-state index in [0.29, 0.717) is 0 Å². The first-order valence-corrected chi connectivity index (χ1v) is 2.69. The lowest BCUT2D eigenvalue weighted by Crippen LogP contribution is -1.99. The van der Waals surface area contributed by atoms with E-state index in [1.807, 2.05) is 0 Å². The zero-order chi connectivity index (χ0) is 6.41. The van der Waals surface area contributed by atoms with Gasteiger partial charge in [-0.3, -0.25) is 0 Å². The Morgan fingerprint density at radius 2 is 2.12 bits per heavy atom. The minimum Gasteiger partial charge on any atom is -0.368 e. The minimum absolute atomic E-state index is 0.454. The molecule has 1 N–H and O–H groups in total. The van der Waals surface area contributed by atoms with Crippen molar-refractivity contribution in [1.82, 2.24) is 0 Å². The summed E-state index contributed by atoms with van der Waals surface area (Å²) in [6.45, 7) is 6.74. The van der Waals surface area contributed by atoms with Crippen LogP contribution in [0.3, 0.4) is 0 Å². The molecule has 1 aliphatic heterocycles. The average Bonchev–Trinajstić information content (AvgIpc) is 2.24. The van der Waals surface area contributed by atoms with Crippen LogP contribution in [0.2, 0.25) is 0 Å². The first-order valence-electron chi connectivity index (χ1n) is 2.69. The molecule has 1 rings (SSSR count). The highest BCUT2D eigenvalue weighted by atomic mass is 16.6. The normalized spacial score (nSPS) is 26.4. The molecular weight excluding hydrogens is 104 g/mol. The third-order valence-electron chi connectivity index (χ3n) is 0.906. The van der Waals surface area contributed by atoms with Crippen LogP contribution >= 0.6 is 0 Å². The summed E-state index contributed by atoms with van der Waals surface area (Å²) in [7, 11) is 0.